The van der Waals surface area contributed by atoms with E-state index in [2.05, 4.69) is 63.0 Å². The molecule has 0 fully saturated rings. The number of nitrogens with one attached hydrogen (secondary N) is 1. The SMILES string of the molecule is Cc1ccc(-c2nc3nc(C)c(Br)n3[nH]2)cc1C. The van der Waals surface area contributed by atoms with Gasteiger partial charge in [0.2, 0.25) is 0 Å². The second-order valence-corrected chi connectivity index (χ2v) is 5.25. The lowest BCUT2D eigenvalue weighted by Gasteiger charge is -2.02. The van der Waals surface area contributed by atoms with Crippen molar-refractivity contribution >= 4 is 21.7 Å². The molecule has 4 nitrogen and oxygen atoms in total. The van der Waals surface area contributed by atoms with Crippen LogP contribution in [0.1, 0.15) is 16.8 Å². The summed E-state index contributed by atoms with van der Waals surface area (Å²) in [7, 11) is 0. The van der Waals surface area contributed by atoms with Crippen molar-refractivity contribution in [3.8, 4) is 11.4 Å². The standard InChI is InChI=1S/C13H13BrN4/c1-7-4-5-10(6-8(7)2)12-16-13-15-9(3)11(14)18(13)17-12/h4-6H,1-3H3,(H,15,16,17). The predicted octanol–water partition coefficient (Wildman–Crippen LogP) is 3.41. The van der Waals surface area contributed by atoms with Crippen LogP contribution in [0.15, 0.2) is 22.8 Å². The molecule has 0 unspecified atom stereocenters. The lowest BCUT2D eigenvalue weighted by atomic mass is 10.1. The summed E-state index contributed by atoms with van der Waals surface area (Å²) in [6.07, 6.45) is 0. The summed E-state index contributed by atoms with van der Waals surface area (Å²) in [4.78, 5) is 8.87. The summed E-state index contributed by atoms with van der Waals surface area (Å²) in [5.74, 6) is 1.52. The van der Waals surface area contributed by atoms with Crippen LogP contribution in [0.3, 0.4) is 0 Å². The zero-order chi connectivity index (χ0) is 12.9. The Kier molecular flexibility index (Phi) is 2.52. The number of rotatable bonds is 1. The second-order valence-electron chi connectivity index (χ2n) is 4.49. The summed E-state index contributed by atoms with van der Waals surface area (Å²) in [5.41, 5.74) is 4.55. The van der Waals surface area contributed by atoms with Gasteiger partial charge < -0.3 is 0 Å². The van der Waals surface area contributed by atoms with Crippen LogP contribution < -0.4 is 0 Å². The van der Waals surface area contributed by atoms with Gasteiger partial charge >= 0.3 is 0 Å². The molecule has 0 bridgehead atoms. The van der Waals surface area contributed by atoms with Gasteiger partial charge in [-0.15, -0.1) is 0 Å². The molecule has 92 valence electrons. The van der Waals surface area contributed by atoms with Crippen LogP contribution in [0.4, 0.5) is 0 Å². The highest BCUT2D eigenvalue weighted by Gasteiger charge is 2.12. The first-order valence-electron chi connectivity index (χ1n) is 5.74. The van der Waals surface area contributed by atoms with E-state index in [4.69, 9.17) is 0 Å². The summed E-state index contributed by atoms with van der Waals surface area (Å²) >= 11 is 3.49. The Bertz CT molecular complexity index is 739. The van der Waals surface area contributed by atoms with Crippen LogP contribution in [0, 0.1) is 20.8 Å². The lowest BCUT2D eigenvalue weighted by molar-refractivity contribution is 0.950. The van der Waals surface area contributed by atoms with Gasteiger partial charge in [-0.1, -0.05) is 12.1 Å². The molecule has 0 aliphatic carbocycles. The van der Waals surface area contributed by atoms with E-state index in [-0.39, 0.29) is 0 Å². The summed E-state index contributed by atoms with van der Waals surface area (Å²) in [6.45, 7) is 6.16. The van der Waals surface area contributed by atoms with Gasteiger partial charge in [-0.2, -0.15) is 4.98 Å². The van der Waals surface area contributed by atoms with Crippen LogP contribution in [-0.2, 0) is 0 Å². The van der Waals surface area contributed by atoms with Gasteiger partial charge in [0.25, 0.3) is 5.78 Å². The van der Waals surface area contributed by atoms with Gasteiger partial charge in [0.05, 0.1) is 5.69 Å². The maximum Gasteiger partial charge on any atom is 0.252 e. The third-order valence-corrected chi connectivity index (χ3v) is 4.10. The molecule has 0 aliphatic heterocycles. The smallest absolute Gasteiger partial charge is 0.252 e. The maximum atomic E-state index is 4.50. The van der Waals surface area contributed by atoms with Crippen molar-refractivity contribution in [1.29, 1.82) is 0 Å². The molecule has 0 amide bonds. The molecule has 0 radical (unpaired) electrons. The summed E-state index contributed by atoms with van der Waals surface area (Å²) in [5, 5.41) is 3.24. The molecule has 3 aromatic rings. The van der Waals surface area contributed by atoms with Gasteiger partial charge in [-0.05, 0) is 53.9 Å². The van der Waals surface area contributed by atoms with Gasteiger partial charge in [-0.3, -0.25) is 5.10 Å². The van der Waals surface area contributed by atoms with E-state index in [1.165, 1.54) is 11.1 Å². The Hall–Kier alpha value is -1.62. The Morgan fingerprint density at radius 1 is 1.11 bits per heavy atom. The van der Waals surface area contributed by atoms with Crippen molar-refractivity contribution in [3.63, 3.8) is 0 Å². The zero-order valence-electron chi connectivity index (χ0n) is 10.5. The van der Waals surface area contributed by atoms with Gasteiger partial charge in [-0.25, -0.2) is 9.50 Å². The van der Waals surface area contributed by atoms with E-state index < -0.39 is 0 Å². The minimum atomic E-state index is 0.688. The van der Waals surface area contributed by atoms with Crippen molar-refractivity contribution in [2.24, 2.45) is 0 Å². The number of H-pyrrole nitrogens is 1. The monoisotopic (exact) mass is 304 g/mol. The van der Waals surface area contributed by atoms with Crippen LogP contribution in [0.2, 0.25) is 0 Å². The highest BCUT2D eigenvalue weighted by Crippen LogP contribution is 2.22. The number of aryl methyl sites for hydroxylation is 3. The van der Waals surface area contributed by atoms with Gasteiger partial charge in [0.1, 0.15) is 4.60 Å². The highest BCUT2D eigenvalue weighted by atomic mass is 79.9. The van der Waals surface area contributed by atoms with E-state index in [9.17, 15) is 0 Å². The number of benzene rings is 1. The summed E-state index contributed by atoms with van der Waals surface area (Å²) < 4.78 is 2.76. The van der Waals surface area contributed by atoms with Gasteiger partial charge in [0, 0.05) is 5.56 Å². The Morgan fingerprint density at radius 3 is 2.56 bits per heavy atom. The predicted molar refractivity (Wildman–Crippen MR) is 74.7 cm³/mol. The minimum Gasteiger partial charge on any atom is -0.273 e. The molecule has 0 spiro atoms. The molecule has 2 aromatic heterocycles. The number of imidazole rings is 1. The normalized spacial score (nSPS) is 11.3. The molecule has 3 rings (SSSR count). The number of halogens is 1. The van der Waals surface area contributed by atoms with Crippen LogP contribution in [-0.4, -0.2) is 19.6 Å². The van der Waals surface area contributed by atoms with Gasteiger partial charge in [0.15, 0.2) is 5.82 Å². The Labute approximate surface area is 113 Å². The fraction of sp³-hybridized carbons (Fsp3) is 0.231. The third kappa shape index (κ3) is 1.66. The molecule has 0 atom stereocenters. The largest absolute Gasteiger partial charge is 0.273 e. The number of aromatic amines is 1. The van der Waals surface area contributed by atoms with Crippen molar-refractivity contribution < 1.29 is 0 Å². The van der Waals surface area contributed by atoms with Crippen molar-refractivity contribution in [3.05, 3.63) is 39.6 Å². The third-order valence-electron chi connectivity index (χ3n) is 3.17. The van der Waals surface area contributed by atoms with Crippen LogP contribution in [0.5, 0.6) is 0 Å². The fourth-order valence-electron chi connectivity index (χ4n) is 1.92. The minimum absolute atomic E-state index is 0.688. The summed E-state index contributed by atoms with van der Waals surface area (Å²) in [6, 6.07) is 6.31. The van der Waals surface area contributed by atoms with E-state index in [1.807, 2.05) is 11.4 Å². The first kappa shape index (κ1) is 11.5. The van der Waals surface area contributed by atoms with E-state index in [0.29, 0.717) is 5.78 Å². The highest BCUT2D eigenvalue weighted by molar-refractivity contribution is 9.10. The van der Waals surface area contributed by atoms with Crippen molar-refractivity contribution in [2.45, 2.75) is 20.8 Å². The molecule has 1 aromatic carbocycles. The lowest BCUT2D eigenvalue weighted by Crippen LogP contribution is -1.88. The Morgan fingerprint density at radius 2 is 1.89 bits per heavy atom. The van der Waals surface area contributed by atoms with E-state index in [1.54, 1.807) is 0 Å². The number of fused-ring (bicyclic) bond motifs is 1. The molecular weight excluding hydrogens is 292 g/mol. The Balaban J connectivity index is 2.16. The number of nitrogens with zero attached hydrogens (tertiary/aromatic N) is 3. The second kappa shape index (κ2) is 3.95. The fourth-order valence-corrected chi connectivity index (χ4v) is 2.25. The maximum absolute atomic E-state index is 4.50. The average molecular weight is 305 g/mol. The zero-order valence-corrected chi connectivity index (χ0v) is 12.0. The first-order valence-corrected chi connectivity index (χ1v) is 6.54. The molecule has 0 aliphatic rings. The molecule has 18 heavy (non-hydrogen) atoms. The molecule has 5 heteroatoms. The molecular formula is C13H13BrN4. The average Bonchev–Trinajstić information content (AvgIpc) is 2.85. The van der Waals surface area contributed by atoms with Crippen LogP contribution in [0.25, 0.3) is 17.2 Å². The number of hydrogen-bond donors (Lipinski definition) is 1. The van der Waals surface area contributed by atoms with Crippen molar-refractivity contribution in [1.82, 2.24) is 19.6 Å². The van der Waals surface area contributed by atoms with E-state index in [0.717, 1.165) is 21.7 Å². The number of aromatic nitrogens is 4. The molecule has 0 saturated heterocycles. The van der Waals surface area contributed by atoms with Crippen LogP contribution >= 0.6 is 15.9 Å². The topological polar surface area (TPSA) is 46.0 Å². The van der Waals surface area contributed by atoms with E-state index >= 15 is 0 Å². The molecule has 0 saturated carbocycles. The number of hydrogen-bond acceptors (Lipinski definition) is 2. The van der Waals surface area contributed by atoms with Crippen molar-refractivity contribution in [2.75, 3.05) is 0 Å². The first-order chi connectivity index (χ1) is 8.56. The molecule has 2 heterocycles. The molecule has 1 N–H and O–H groups in total. The quantitative estimate of drug-likeness (QED) is 0.749.